The van der Waals surface area contributed by atoms with Crippen molar-refractivity contribution in [1.29, 1.82) is 0 Å². The Morgan fingerprint density at radius 2 is 1.97 bits per heavy atom. The van der Waals surface area contributed by atoms with E-state index in [1.165, 1.54) is 19.2 Å². The summed E-state index contributed by atoms with van der Waals surface area (Å²) in [4.78, 5) is 38.7. The van der Waals surface area contributed by atoms with Crippen molar-refractivity contribution in [3.8, 4) is 5.75 Å². The van der Waals surface area contributed by atoms with Gasteiger partial charge in [0.15, 0.2) is 0 Å². The van der Waals surface area contributed by atoms with Crippen LogP contribution in [0.2, 0.25) is 0 Å². The molecule has 7 nitrogen and oxygen atoms in total. The van der Waals surface area contributed by atoms with Crippen LogP contribution in [0.5, 0.6) is 5.75 Å². The summed E-state index contributed by atoms with van der Waals surface area (Å²) in [5.74, 6) is -0.490. The van der Waals surface area contributed by atoms with E-state index in [1.807, 2.05) is 4.90 Å². The molecule has 2 aliphatic heterocycles. The van der Waals surface area contributed by atoms with Gasteiger partial charge in [-0.05, 0) is 37.8 Å². The molecule has 0 spiro atoms. The standard InChI is InChI=1S/C21H26FN3O4/c1-29-17-4-2-3-15(22)19(17)20(27)23-14-7-5-12(6-8-14)21(28)25-10-13-9-18(26)24-16(13)11-25/h2-4,12-14,16H,5-11H2,1H3,(H,23,27)(H,24,26)/t12?,13-,14?,16+/m0/s1. The van der Waals surface area contributed by atoms with Crippen molar-refractivity contribution in [3.05, 3.63) is 29.6 Å². The fourth-order valence-electron chi connectivity index (χ4n) is 4.82. The van der Waals surface area contributed by atoms with Crippen molar-refractivity contribution < 1.29 is 23.5 Å². The highest BCUT2D eigenvalue weighted by Crippen LogP contribution is 2.31. The Morgan fingerprint density at radius 3 is 2.66 bits per heavy atom. The molecule has 3 aliphatic rings. The molecule has 4 rings (SSSR count). The molecule has 29 heavy (non-hydrogen) atoms. The van der Waals surface area contributed by atoms with E-state index >= 15 is 0 Å². The zero-order chi connectivity index (χ0) is 20.5. The molecule has 1 aliphatic carbocycles. The summed E-state index contributed by atoms with van der Waals surface area (Å²) in [5.41, 5.74) is -0.0844. The average molecular weight is 403 g/mol. The number of benzene rings is 1. The van der Waals surface area contributed by atoms with Crippen molar-refractivity contribution in [2.45, 2.75) is 44.2 Å². The lowest BCUT2D eigenvalue weighted by Crippen LogP contribution is -2.43. The van der Waals surface area contributed by atoms with Gasteiger partial charge in [0.2, 0.25) is 11.8 Å². The second kappa shape index (κ2) is 8.00. The van der Waals surface area contributed by atoms with Gasteiger partial charge in [0.25, 0.3) is 5.91 Å². The van der Waals surface area contributed by atoms with E-state index < -0.39 is 11.7 Å². The quantitative estimate of drug-likeness (QED) is 0.797. The largest absolute Gasteiger partial charge is 0.496 e. The maximum atomic E-state index is 14.1. The maximum Gasteiger partial charge on any atom is 0.258 e. The van der Waals surface area contributed by atoms with E-state index in [0.717, 1.165) is 0 Å². The van der Waals surface area contributed by atoms with Crippen LogP contribution in [0.3, 0.4) is 0 Å². The third-order valence-electron chi connectivity index (χ3n) is 6.38. The molecule has 1 saturated carbocycles. The Balaban J connectivity index is 1.29. The summed E-state index contributed by atoms with van der Waals surface area (Å²) in [6.07, 6.45) is 3.24. The van der Waals surface area contributed by atoms with Crippen molar-refractivity contribution in [2.24, 2.45) is 11.8 Å². The summed E-state index contributed by atoms with van der Waals surface area (Å²) in [6, 6.07) is 4.30. The van der Waals surface area contributed by atoms with Crippen molar-refractivity contribution >= 4 is 17.7 Å². The molecule has 0 unspecified atom stereocenters. The minimum Gasteiger partial charge on any atom is -0.496 e. The van der Waals surface area contributed by atoms with Crippen LogP contribution < -0.4 is 15.4 Å². The predicted octanol–water partition coefficient (Wildman–Crippen LogP) is 1.47. The summed E-state index contributed by atoms with van der Waals surface area (Å²) in [5, 5.41) is 5.83. The first kappa shape index (κ1) is 19.7. The van der Waals surface area contributed by atoms with Gasteiger partial charge in [-0.15, -0.1) is 0 Å². The Morgan fingerprint density at radius 1 is 1.21 bits per heavy atom. The number of hydrogen-bond donors (Lipinski definition) is 2. The Labute approximate surface area is 169 Å². The molecule has 1 aromatic rings. The lowest BCUT2D eigenvalue weighted by atomic mass is 9.85. The summed E-state index contributed by atoms with van der Waals surface area (Å²) in [7, 11) is 1.40. The van der Waals surface area contributed by atoms with Crippen LogP contribution in [-0.4, -0.2) is 54.9 Å². The Hall–Kier alpha value is -2.64. The van der Waals surface area contributed by atoms with Gasteiger partial charge in [0.05, 0.1) is 13.2 Å². The van der Waals surface area contributed by atoms with Gasteiger partial charge in [-0.2, -0.15) is 0 Å². The first-order chi connectivity index (χ1) is 14.0. The van der Waals surface area contributed by atoms with Gasteiger partial charge in [-0.25, -0.2) is 4.39 Å². The topological polar surface area (TPSA) is 87.7 Å². The van der Waals surface area contributed by atoms with Crippen LogP contribution in [0.1, 0.15) is 42.5 Å². The monoisotopic (exact) mass is 403 g/mol. The number of likely N-dealkylation sites (tertiary alicyclic amines) is 1. The van der Waals surface area contributed by atoms with E-state index in [9.17, 15) is 18.8 Å². The van der Waals surface area contributed by atoms with Crippen molar-refractivity contribution in [1.82, 2.24) is 15.5 Å². The number of amides is 3. The van der Waals surface area contributed by atoms with E-state index in [-0.39, 0.29) is 47.0 Å². The van der Waals surface area contributed by atoms with Crippen LogP contribution in [0.4, 0.5) is 4.39 Å². The number of fused-ring (bicyclic) bond motifs is 1. The van der Waals surface area contributed by atoms with Gasteiger partial charge < -0.3 is 20.3 Å². The maximum absolute atomic E-state index is 14.1. The number of methoxy groups -OCH3 is 1. The Kier molecular flexibility index (Phi) is 5.43. The van der Waals surface area contributed by atoms with Gasteiger partial charge in [0, 0.05) is 37.4 Å². The first-order valence-electron chi connectivity index (χ1n) is 10.2. The first-order valence-corrected chi connectivity index (χ1v) is 10.2. The highest BCUT2D eigenvalue weighted by Gasteiger charge is 2.43. The number of halogens is 1. The predicted molar refractivity (Wildman–Crippen MR) is 103 cm³/mol. The lowest BCUT2D eigenvalue weighted by molar-refractivity contribution is -0.136. The summed E-state index contributed by atoms with van der Waals surface area (Å²) >= 11 is 0. The fraction of sp³-hybridized carbons (Fsp3) is 0.571. The van der Waals surface area contributed by atoms with E-state index in [2.05, 4.69) is 10.6 Å². The van der Waals surface area contributed by atoms with Crippen molar-refractivity contribution in [3.63, 3.8) is 0 Å². The van der Waals surface area contributed by atoms with Crippen molar-refractivity contribution in [2.75, 3.05) is 20.2 Å². The van der Waals surface area contributed by atoms with E-state index in [1.54, 1.807) is 6.07 Å². The Bertz CT molecular complexity index is 806. The molecule has 2 N–H and O–H groups in total. The van der Waals surface area contributed by atoms with E-state index in [0.29, 0.717) is 45.2 Å². The highest BCUT2D eigenvalue weighted by atomic mass is 19.1. The molecule has 2 atom stereocenters. The van der Waals surface area contributed by atoms with Crippen LogP contribution >= 0.6 is 0 Å². The zero-order valence-electron chi connectivity index (χ0n) is 16.4. The number of carbonyl (C=O) groups excluding carboxylic acids is 3. The van der Waals surface area contributed by atoms with Gasteiger partial charge in [0.1, 0.15) is 17.1 Å². The summed E-state index contributed by atoms with van der Waals surface area (Å²) < 4.78 is 19.2. The SMILES string of the molecule is COc1cccc(F)c1C(=O)NC1CCC(C(=O)N2C[C@@H]3CC(=O)N[C@@H]3C2)CC1. The average Bonchev–Trinajstić information content (AvgIpc) is 3.25. The minimum absolute atomic E-state index is 0.0549. The number of nitrogens with one attached hydrogen (secondary N) is 2. The molecular weight excluding hydrogens is 377 g/mol. The molecule has 1 aromatic carbocycles. The second-order valence-electron chi connectivity index (χ2n) is 8.22. The highest BCUT2D eigenvalue weighted by molar-refractivity contribution is 5.97. The van der Waals surface area contributed by atoms with Crippen LogP contribution in [0.25, 0.3) is 0 Å². The lowest BCUT2D eigenvalue weighted by Gasteiger charge is -2.31. The number of nitrogens with zero attached hydrogens (tertiary/aromatic N) is 1. The number of hydrogen-bond acceptors (Lipinski definition) is 4. The number of ether oxygens (including phenoxy) is 1. The number of carbonyl (C=O) groups is 3. The molecule has 2 heterocycles. The fourth-order valence-corrected chi connectivity index (χ4v) is 4.82. The van der Waals surface area contributed by atoms with Crippen LogP contribution in [0.15, 0.2) is 18.2 Å². The minimum atomic E-state index is -0.614. The van der Waals surface area contributed by atoms with Crippen LogP contribution in [-0.2, 0) is 9.59 Å². The molecule has 156 valence electrons. The molecule has 0 aromatic heterocycles. The van der Waals surface area contributed by atoms with Gasteiger partial charge in [-0.3, -0.25) is 14.4 Å². The normalized spacial score (nSPS) is 28.6. The molecule has 0 bridgehead atoms. The molecule has 2 saturated heterocycles. The third kappa shape index (κ3) is 3.93. The van der Waals surface area contributed by atoms with E-state index in [4.69, 9.17) is 4.74 Å². The molecule has 0 radical (unpaired) electrons. The van der Waals surface area contributed by atoms with Crippen LogP contribution in [0, 0.1) is 17.7 Å². The van der Waals surface area contributed by atoms with Gasteiger partial charge in [-0.1, -0.05) is 6.07 Å². The second-order valence-corrected chi connectivity index (χ2v) is 8.22. The molecule has 3 amide bonds. The smallest absolute Gasteiger partial charge is 0.258 e. The van der Waals surface area contributed by atoms with Gasteiger partial charge >= 0.3 is 0 Å². The molecular formula is C21H26FN3O4. The summed E-state index contributed by atoms with van der Waals surface area (Å²) in [6.45, 7) is 1.24. The molecule has 3 fully saturated rings. The third-order valence-corrected chi connectivity index (χ3v) is 6.38. The molecule has 8 heteroatoms. The number of rotatable bonds is 4. The zero-order valence-corrected chi connectivity index (χ0v) is 16.4.